The van der Waals surface area contributed by atoms with Crippen LogP contribution >= 0.6 is 0 Å². The van der Waals surface area contributed by atoms with Crippen molar-refractivity contribution in [2.24, 2.45) is 46.8 Å². The third-order valence-electron chi connectivity index (χ3n) is 10.4. The van der Waals surface area contributed by atoms with Crippen LogP contribution in [0.5, 0.6) is 0 Å². The van der Waals surface area contributed by atoms with Crippen molar-refractivity contribution in [1.29, 1.82) is 0 Å². The van der Waals surface area contributed by atoms with Crippen LogP contribution in [0.25, 0.3) is 0 Å². The first-order valence-electron chi connectivity index (χ1n) is 13.1. The lowest BCUT2D eigenvalue weighted by atomic mass is 9.48. The number of nitrogens with zero attached hydrogens (tertiary/aromatic N) is 3. The number of aliphatic hydroxyl groups is 1. The molecule has 9 atom stereocenters. The molecule has 4 saturated carbocycles. The number of rotatable bonds is 6. The van der Waals surface area contributed by atoms with Gasteiger partial charge in [-0.15, -0.1) is 5.10 Å². The molecule has 4 aliphatic carbocycles. The summed E-state index contributed by atoms with van der Waals surface area (Å²) in [5, 5.41) is 19.3. The highest BCUT2D eigenvalue weighted by molar-refractivity contribution is 5.07. The molecule has 1 aromatic heterocycles. The van der Waals surface area contributed by atoms with Crippen molar-refractivity contribution in [3.05, 3.63) is 12.4 Å². The molecule has 4 aliphatic rings. The van der Waals surface area contributed by atoms with E-state index in [9.17, 15) is 5.11 Å². The first kappa shape index (κ1) is 21.9. The zero-order valence-electron chi connectivity index (χ0n) is 19.9. The number of hydrogen-bond donors (Lipinski definition) is 1. The molecule has 1 heterocycles. The first-order chi connectivity index (χ1) is 14.9. The Morgan fingerprint density at radius 2 is 1.94 bits per heavy atom. The zero-order valence-corrected chi connectivity index (χ0v) is 19.9. The molecule has 0 amide bonds. The van der Waals surface area contributed by atoms with Gasteiger partial charge in [0.25, 0.3) is 0 Å². The van der Waals surface area contributed by atoms with Gasteiger partial charge in [-0.3, -0.25) is 4.68 Å². The summed E-state index contributed by atoms with van der Waals surface area (Å²) in [5.74, 6) is 5.75. The summed E-state index contributed by atoms with van der Waals surface area (Å²) < 4.78 is 7.68. The summed E-state index contributed by atoms with van der Waals surface area (Å²) in [7, 11) is 0. The summed E-state index contributed by atoms with van der Waals surface area (Å²) in [6.45, 7) is 9.36. The summed E-state index contributed by atoms with van der Waals surface area (Å²) >= 11 is 0. The maximum Gasteiger partial charge on any atom is 0.0883 e. The highest BCUT2D eigenvalue weighted by Crippen LogP contribution is 2.65. The lowest BCUT2D eigenvalue weighted by Gasteiger charge is -2.57. The Morgan fingerprint density at radius 1 is 1.10 bits per heavy atom. The molecule has 31 heavy (non-hydrogen) atoms. The third-order valence-corrected chi connectivity index (χ3v) is 10.4. The van der Waals surface area contributed by atoms with Crippen LogP contribution in [0.15, 0.2) is 12.4 Å². The van der Waals surface area contributed by atoms with Crippen LogP contribution in [0.1, 0.15) is 78.6 Å². The fourth-order valence-corrected chi connectivity index (χ4v) is 9.11. The van der Waals surface area contributed by atoms with Gasteiger partial charge in [-0.05, 0) is 112 Å². The van der Waals surface area contributed by atoms with Crippen LogP contribution in [-0.2, 0) is 11.3 Å². The topological polar surface area (TPSA) is 60.2 Å². The van der Waals surface area contributed by atoms with E-state index in [0.29, 0.717) is 30.5 Å². The minimum atomic E-state index is -0.567. The van der Waals surface area contributed by atoms with E-state index in [-0.39, 0.29) is 0 Å². The molecule has 0 aliphatic heterocycles. The van der Waals surface area contributed by atoms with Gasteiger partial charge >= 0.3 is 0 Å². The summed E-state index contributed by atoms with van der Waals surface area (Å²) in [5.41, 5.74) is -0.0686. The first-order valence-corrected chi connectivity index (χ1v) is 13.1. The van der Waals surface area contributed by atoms with Crippen molar-refractivity contribution in [2.45, 2.75) is 90.7 Å². The van der Waals surface area contributed by atoms with E-state index < -0.39 is 5.60 Å². The minimum absolute atomic E-state index is 0.498. The molecule has 5 rings (SSSR count). The van der Waals surface area contributed by atoms with E-state index in [1.54, 1.807) is 6.20 Å². The van der Waals surface area contributed by atoms with Gasteiger partial charge < -0.3 is 9.84 Å². The van der Waals surface area contributed by atoms with Crippen molar-refractivity contribution in [1.82, 2.24) is 15.0 Å². The van der Waals surface area contributed by atoms with Gasteiger partial charge in [0.2, 0.25) is 0 Å². The molecule has 5 nitrogen and oxygen atoms in total. The van der Waals surface area contributed by atoms with Crippen molar-refractivity contribution in [3.63, 3.8) is 0 Å². The molecule has 174 valence electrons. The molecule has 1 N–H and O–H groups in total. The molecule has 5 heteroatoms. The van der Waals surface area contributed by atoms with Gasteiger partial charge in [0.05, 0.1) is 18.4 Å². The second-order valence-electron chi connectivity index (χ2n) is 11.9. The number of ether oxygens (including phenoxy) is 1. The average molecular weight is 430 g/mol. The number of hydrogen-bond acceptors (Lipinski definition) is 4. The van der Waals surface area contributed by atoms with Crippen molar-refractivity contribution >= 4 is 0 Å². The highest BCUT2D eigenvalue weighted by Gasteiger charge is 2.58. The third kappa shape index (κ3) is 3.88. The van der Waals surface area contributed by atoms with Gasteiger partial charge in [-0.25, -0.2) is 0 Å². The van der Waals surface area contributed by atoms with E-state index in [4.69, 9.17) is 4.74 Å². The lowest BCUT2D eigenvalue weighted by Crippen LogP contribution is -2.52. The Labute approximate surface area is 188 Å². The fourth-order valence-electron chi connectivity index (χ4n) is 9.11. The Kier molecular flexibility index (Phi) is 5.96. The molecule has 0 saturated heterocycles. The number of fused-ring (bicyclic) bond motifs is 5. The summed E-state index contributed by atoms with van der Waals surface area (Å²) in [6, 6.07) is 0. The average Bonchev–Trinajstić information content (AvgIpc) is 3.39. The molecule has 0 aromatic carbocycles. The smallest absolute Gasteiger partial charge is 0.0883 e. The standard InChI is InChI=1S/C26H43N3O2/c1-4-31-17-26(30)12-10-20-19(15-26)5-6-22-21(20)9-11-25(3)23(7-8-24(22)25)18(2)16-29-14-13-27-28-29/h13-14,18-24,30H,4-12,15-17H2,1-3H3/t18-,19-,20+,21-,22-,23-,24+,25-,26-/m1/s1. The summed E-state index contributed by atoms with van der Waals surface area (Å²) in [6.07, 6.45) is 15.3. The molecule has 0 unspecified atom stereocenters. The van der Waals surface area contributed by atoms with Gasteiger partial charge in [-0.1, -0.05) is 19.1 Å². The normalized spacial score (nSPS) is 45.5. The highest BCUT2D eigenvalue weighted by atomic mass is 16.5. The molecule has 4 fully saturated rings. The largest absolute Gasteiger partial charge is 0.387 e. The minimum Gasteiger partial charge on any atom is -0.387 e. The quantitative estimate of drug-likeness (QED) is 0.695. The van der Waals surface area contributed by atoms with Gasteiger partial charge in [0, 0.05) is 19.3 Å². The van der Waals surface area contributed by atoms with E-state index in [1.165, 1.54) is 44.9 Å². The molecule has 0 spiro atoms. The molecular formula is C26H43N3O2. The van der Waals surface area contributed by atoms with Crippen molar-refractivity contribution in [2.75, 3.05) is 13.2 Å². The van der Waals surface area contributed by atoms with E-state index in [0.717, 1.165) is 49.0 Å². The molecular weight excluding hydrogens is 386 g/mol. The Balaban J connectivity index is 1.26. The molecule has 0 radical (unpaired) electrons. The van der Waals surface area contributed by atoms with Crippen LogP contribution in [0.3, 0.4) is 0 Å². The fraction of sp³-hybridized carbons (Fsp3) is 0.923. The predicted molar refractivity (Wildman–Crippen MR) is 121 cm³/mol. The Hall–Kier alpha value is -0.940. The Bertz CT molecular complexity index is 739. The van der Waals surface area contributed by atoms with Crippen LogP contribution < -0.4 is 0 Å². The maximum absolute atomic E-state index is 11.1. The van der Waals surface area contributed by atoms with Crippen molar-refractivity contribution < 1.29 is 9.84 Å². The lowest BCUT2D eigenvalue weighted by molar-refractivity contribution is -0.129. The second kappa shape index (κ2) is 8.44. The van der Waals surface area contributed by atoms with Gasteiger partial charge in [0.15, 0.2) is 0 Å². The van der Waals surface area contributed by atoms with Crippen LogP contribution in [0.4, 0.5) is 0 Å². The molecule has 0 bridgehead atoms. The second-order valence-corrected chi connectivity index (χ2v) is 11.9. The van der Waals surface area contributed by atoms with Crippen LogP contribution in [0, 0.1) is 46.8 Å². The van der Waals surface area contributed by atoms with Crippen molar-refractivity contribution in [3.8, 4) is 0 Å². The molecule has 1 aromatic rings. The van der Waals surface area contributed by atoms with E-state index in [2.05, 4.69) is 24.2 Å². The zero-order chi connectivity index (χ0) is 21.6. The van der Waals surface area contributed by atoms with Crippen LogP contribution in [0.2, 0.25) is 0 Å². The van der Waals surface area contributed by atoms with Gasteiger partial charge in [-0.2, -0.15) is 0 Å². The van der Waals surface area contributed by atoms with Gasteiger partial charge in [0.1, 0.15) is 0 Å². The monoisotopic (exact) mass is 429 g/mol. The van der Waals surface area contributed by atoms with E-state index in [1.807, 2.05) is 17.8 Å². The predicted octanol–water partition coefficient (Wildman–Crippen LogP) is 4.95. The maximum atomic E-state index is 11.1. The summed E-state index contributed by atoms with van der Waals surface area (Å²) in [4.78, 5) is 0. The van der Waals surface area contributed by atoms with Crippen LogP contribution in [-0.4, -0.2) is 38.9 Å². The SMILES string of the molecule is CCOC[C@@]1(O)CC[C@H]2[C@H](CC[C@@H]3[C@@H]2CC[C@]2(C)[C@@H]([C@H](C)Cn4ccnn4)CC[C@@H]32)C1. The Morgan fingerprint density at radius 3 is 2.71 bits per heavy atom. The number of aromatic nitrogens is 3. The van der Waals surface area contributed by atoms with E-state index >= 15 is 0 Å².